The molecule has 1 heterocycles. The topological polar surface area (TPSA) is 3.24 Å². The van der Waals surface area contributed by atoms with Crippen molar-refractivity contribution in [2.45, 2.75) is 18.7 Å². The van der Waals surface area contributed by atoms with E-state index in [1.807, 2.05) is 0 Å². The lowest BCUT2D eigenvalue weighted by molar-refractivity contribution is 0.202. The molecular formula is C7H13BrN. The van der Waals surface area contributed by atoms with Crippen LogP contribution in [0, 0.1) is 5.92 Å². The van der Waals surface area contributed by atoms with Crippen LogP contribution in [0.3, 0.4) is 0 Å². The predicted molar refractivity (Wildman–Crippen MR) is 43.7 cm³/mol. The highest BCUT2D eigenvalue weighted by Gasteiger charge is 2.23. The van der Waals surface area contributed by atoms with Crippen molar-refractivity contribution in [3.05, 3.63) is 5.92 Å². The van der Waals surface area contributed by atoms with Crippen LogP contribution in [-0.2, 0) is 0 Å². The van der Waals surface area contributed by atoms with E-state index in [0.717, 1.165) is 4.83 Å². The van der Waals surface area contributed by atoms with Gasteiger partial charge in [0.05, 0.1) is 0 Å². The Bertz CT molecular complexity index is 86.9. The molecule has 0 N–H and O–H groups in total. The molecule has 0 amide bonds. The van der Waals surface area contributed by atoms with Crippen LogP contribution in [0.15, 0.2) is 0 Å². The van der Waals surface area contributed by atoms with E-state index in [2.05, 4.69) is 34.7 Å². The average molecular weight is 191 g/mol. The third-order valence-corrected chi connectivity index (χ3v) is 2.03. The lowest BCUT2D eigenvalue weighted by atomic mass is 10.1. The Balaban J connectivity index is 2.04. The van der Waals surface area contributed by atoms with Crippen LogP contribution < -0.4 is 0 Å². The van der Waals surface area contributed by atoms with E-state index >= 15 is 0 Å². The molecule has 1 saturated heterocycles. The van der Waals surface area contributed by atoms with E-state index in [9.17, 15) is 0 Å². The summed E-state index contributed by atoms with van der Waals surface area (Å²) in [4.78, 5) is 3.20. The van der Waals surface area contributed by atoms with Crippen LogP contribution >= 0.6 is 15.9 Å². The Morgan fingerprint density at radius 1 is 1.56 bits per heavy atom. The Morgan fingerprint density at radius 3 is 2.44 bits per heavy atom. The summed E-state index contributed by atoms with van der Waals surface area (Å²) in [5.74, 6) is 1.51. The van der Waals surface area contributed by atoms with Crippen molar-refractivity contribution in [2.24, 2.45) is 0 Å². The smallest absolute Gasteiger partial charge is 0.0400 e. The van der Waals surface area contributed by atoms with Gasteiger partial charge in [-0.25, -0.2) is 0 Å². The quantitative estimate of drug-likeness (QED) is 0.600. The summed E-state index contributed by atoms with van der Waals surface area (Å²) in [5, 5.41) is 0. The fraction of sp³-hybridized carbons (Fsp3) is 0.857. The molecule has 0 saturated carbocycles. The van der Waals surface area contributed by atoms with E-state index in [1.54, 1.807) is 0 Å². The van der Waals surface area contributed by atoms with Gasteiger partial charge in [0, 0.05) is 24.5 Å². The van der Waals surface area contributed by atoms with Gasteiger partial charge in [-0.3, -0.25) is 0 Å². The van der Waals surface area contributed by atoms with Crippen LogP contribution in [0.5, 0.6) is 0 Å². The molecule has 1 aliphatic rings. The molecule has 1 radical (unpaired) electrons. The molecule has 9 heavy (non-hydrogen) atoms. The van der Waals surface area contributed by atoms with Gasteiger partial charge in [0.1, 0.15) is 0 Å². The molecule has 1 aliphatic heterocycles. The fourth-order valence-corrected chi connectivity index (χ4v) is 1.90. The van der Waals surface area contributed by atoms with E-state index in [4.69, 9.17) is 0 Å². The molecule has 1 nitrogen and oxygen atoms in total. The Kier molecular flexibility index (Phi) is 2.53. The Labute approximate surface area is 65.6 Å². The van der Waals surface area contributed by atoms with E-state index in [0.29, 0.717) is 0 Å². The minimum absolute atomic E-state index is 0.761. The predicted octanol–water partition coefficient (Wildman–Crippen LogP) is 1.68. The minimum Gasteiger partial charge on any atom is -0.300 e. The third-order valence-electron chi connectivity index (χ3n) is 1.45. The lowest BCUT2D eigenvalue weighted by Gasteiger charge is -2.36. The Morgan fingerprint density at radius 2 is 2.11 bits per heavy atom. The van der Waals surface area contributed by atoms with Crippen LogP contribution in [0.1, 0.15) is 13.8 Å². The fourth-order valence-electron chi connectivity index (χ4n) is 1.08. The van der Waals surface area contributed by atoms with Crippen LogP contribution in [-0.4, -0.2) is 29.4 Å². The van der Waals surface area contributed by atoms with Gasteiger partial charge in [-0.05, 0) is 5.92 Å². The van der Waals surface area contributed by atoms with Gasteiger partial charge < -0.3 is 4.90 Å². The van der Waals surface area contributed by atoms with Crippen molar-refractivity contribution < 1.29 is 0 Å². The highest BCUT2D eigenvalue weighted by Crippen LogP contribution is 2.17. The number of alkyl halides is 1. The molecule has 0 spiro atoms. The second-order valence-electron chi connectivity index (χ2n) is 3.00. The minimum atomic E-state index is 0.761. The molecule has 0 unspecified atom stereocenters. The molecule has 0 bridgehead atoms. The normalized spacial score (nSPS) is 22.7. The van der Waals surface area contributed by atoms with Gasteiger partial charge in [-0.1, -0.05) is 29.8 Å². The van der Waals surface area contributed by atoms with Crippen LogP contribution in [0.2, 0.25) is 0 Å². The molecule has 0 aliphatic carbocycles. The van der Waals surface area contributed by atoms with Crippen molar-refractivity contribution in [1.82, 2.24) is 4.90 Å². The standard InChI is InChI=1S/C7H13BrN/c1-6(2)3-9-4-7(8)5-9/h7H,3-5H2,1-2H3. The first-order chi connectivity index (χ1) is 4.18. The maximum absolute atomic E-state index is 3.54. The SMILES string of the molecule is C[C](C)CN1CC(Br)C1. The van der Waals surface area contributed by atoms with Crippen molar-refractivity contribution in [3.8, 4) is 0 Å². The molecule has 0 aromatic carbocycles. The Hall–Kier alpha value is 0.440. The van der Waals surface area contributed by atoms with Crippen LogP contribution in [0.4, 0.5) is 0 Å². The summed E-state index contributed by atoms with van der Waals surface area (Å²) in [6, 6.07) is 0. The third kappa shape index (κ3) is 2.26. The molecule has 1 fully saturated rings. The largest absolute Gasteiger partial charge is 0.300 e. The molecular weight excluding hydrogens is 178 g/mol. The second kappa shape index (κ2) is 3.02. The number of hydrogen-bond acceptors (Lipinski definition) is 1. The number of likely N-dealkylation sites (tertiary alicyclic amines) is 1. The summed E-state index contributed by atoms with van der Waals surface area (Å²) in [6.45, 7) is 8.00. The van der Waals surface area contributed by atoms with Gasteiger partial charge in [0.15, 0.2) is 0 Å². The number of nitrogens with zero attached hydrogens (tertiary/aromatic N) is 1. The zero-order chi connectivity index (χ0) is 6.85. The first-order valence-electron chi connectivity index (χ1n) is 3.34. The molecule has 1 rings (SSSR count). The zero-order valence-electron chi connectivity index (χ0n) is 6.02. The van der Waals surface area contributed by atoms with Crippen molar-refractivity contribution in [1.29, 1.82) is 0 Å². The van der Waals surface area contributed by atoms with Gasteiger partial charge in [0.2, 0.25) is 0 Å². The summed E-state index contributed by atoms with van der Waals surface area (Å²) >= 11 is 3.54. The van der Waals surface area contributed by atoms with Crippen molar-refractivity contribution >= 4 is 15.9 Å². The van der Waals surface area contributed by atoms with E-state index < -0.39 is 0 Å². The zero-order valence-corrected chi connectivity index (χ0v) is 7.61. The van der Waals surface area contributed by atoms with Gasteiger partial charge >= 0.3 is 0 Å². The van der Waals surface area contributed by atoms with Gasteiger partial charge in [-0.2, -0.15) is 0 Å². The summed E-state index contributed by atoms with van der Waals surface area (Å²) in [5.41, 5.74) is 0. The number of halogens is 1. The number of rotatable bonds is 2. The van der Waals surface area contributed by atoms with Gasteiger partial charge in [-0.15, -0.1) is 0 Å². The highest BCUT2D eigenvalue weighted by atomic mass is 79.9. The average Bonchev–Trinajstić information content (AvgIpc) is 1.60. The van der Waals surface area contributed by atoms with Crippen molar-refractivity contribution in [2.75, 3.05) is 19.6 Å². The van der Waals surface area contributed by atoms with E-state index in [-0.39, 0.29) is 0 Å². The van der Waals surface area contributed by atoms with Crippen LogP contribution in [0.25, 0.3) is 0 Å². The highest BCUT2D eigenvalue weighted by molar-refractivity contribution is 9.09. The summed E-state index contributed by atoms with van der Waals surface area (Å²) in [6.07, 6.45) is 0. The lowest BCUT2D eigenvalue weighted by Crippen LogP contribution is -2.48. The summed E-state index contributed by atoms with van der Waals surface area (Å²) < 4.78 is 0. The second-order valence-corrected chi connectivity index (χ2v) is 4.29. The monoisotopic (exact) mass is 190 g/mol. The first kappa shape index (κ1) is 7.55. The molecule has 0 atom stereocenters. The first-order valence-corrected chi connectivity index (χ1v) is 4.25. The van der Waals surface area contributed by atoms with Gasteiger partial charge in [0.25, 0.3) is 0 Å². The van der Waals surface area contributed by atoms with E-state index in [1.165, 1.54) is 25.6 Å². The maximum Gasteiger partial charge on any atom is 0.0400 e. The molecule has 53 valence electrons. The molecule has 0 aromatic rings. The summed E-state index contributed by atoms with van der Waals surface area (Å²) in [7, 11) is 0. The van der Waals surface area contributed by atoms with Crippen molar-refractivity contribution in [3.63, 3.8) is 0 Å². The molecule has 0 aromatic heterocycles. The molecule has 2 heteroatoms. The number of hydrogen-bond donors (Lipinski definition) is 0. The maximum atomic E-state index is 3.54.